The molecule has 1 aromatic carbocycles. The average molecular weight is 301 g/mol. The van der Waals surface area contributed by atoms with Gasteiger partial charge in [-0.2, -0.15) is 0 Å². The molecule has 1 unspecified atom stereocenters. The molecule has 0 bridgehead atoms. The second kappa shape index (κ2) is 7.11. The lowest BCUT2D eigenvalue weighted by Gasteiger charge is -2.20. The van der Waals surface area contributed by atoms with Gasteiger partial charge in [-0.05, 0) is 43.7 Å². The molecule has 0 fully saturated rings. The molecule has 96 valence electrons. The lowest BCUT2D eigenvalue weighted by Crippen LogP contribution is -2.38. The summed E-state index contributed by atoms with van der Waals surface area (Å²) in [5.41, 5.74) is 8.36. The highest BCUT2D eigenvalue weighted by atomic mass is 79.9. The van der Waals surface area contributed by atoms with Crippen LogP contribution in [0.3, 0.4) is 0 Å². The Bertz CT molecular complexity index is 357. The van der Waals surface area contributed by atoms with Crippen LogP contribution >= 0.6 is 15.9 Å². The number of nitrogens with two attached hydrogens (primary N) is 1. The van der Waals surface area contributed by atoms with Crippen LogP contribution in [0, 0.1) is 6.92 Å². The zero-order chi connectivity index (χ0) is 12.8. The van der Waals surface area contributed by atoms with Gasteiger partial charge in [0.1, 0.15) is 0 Å². The maximum Gasteiger partial charge on any atom is 0.0595 e. The number of aryl methyl sites for hydroxylation is 1. The zero-order valence-electron chi connectivity index (χ0n) is 10.5. The van der Waals surface area contributed by atoms with E-state index in [4.69, 9.17) is 10.8 Å². The van der Waals surface area contributed by atoms with Gasteiger partial charge < -0.3 is 15.7 Å². The fourth-order valence-electron chi connectivity index (χ4n) is 1.77. The van der Waals surface area contributed by atoms with Crippen molar-refractivity contribution in [2.75, 3.05) is 26.7 Å². The minimum absolute atomic E-state index is 0.0419. The zero-order valence-corrected chi connectivity index (χ0v) is 12.1. The van der Waals surface area contributed by atoms with Crippen LogP contribution in [0.2, 0.25) is 0 Å². The summed E-state index contributed by atoms with van der Waals surface area (Å²) < 4.78 is 1.12. The monoisotopic (exact) mass is 300 g/mol. The smallest absolute Gasteiger partial charge is 0.0595 e. The molecular weight excluding hydrogens is 280 g/mol. The lowest BCUT2D eigenvalue weighted by molar-refractivity contribution is 0.222. The molecule has 1 aromatic rings. The first-order valence-corrected chi connectivity index (χ1v) is 6.62. The molecule has 3 nitrogen and oxygen atoms in total. The first kappa shape index (κ1) is 14.6. The quantitative estimate of drug-likeness (QED) is 0.838. The SMILES string of the molecule is Cc1ccc(Br)cc1CCN(C)CC(N)CO. The highest BCUT2D eigenvalue weighted by Gasteiger charge is 2.06. The van der Waals surface area contributed by atoms with E-state index in [1.807, 2.05) is 7.05 Å². The Labute approximate surface area is 112 Å². The van der Waals surface area contributed by atoms with Crippen molar-refractivity contribution in [1.82, 2.24) is 4.90 Å². The van der Waals surface area contributed by atoms with Gasteiger partial charge in [0, 0.05) is 23.6 Å². The fourth-order valence-corrected chi connectivity index (χ4v) is 2.18. The first-order valence-electron chi connectivity index (χ1n) is 5.83. The van der Waals surface area contributed by atoms with E-state index in [0.29, 0.717) is 0 Å². The van der Waals surface area contributed by atoms with Gasteiger partial charge in [0.25, 0.3) is 0 Å². The Morgan fingerprint density at radius 3 is 2.82 bits per heavy atom. The summed E-state index contributed by atoms with van der Waals surface area (Å²) >= 11 is 3.49. The van der Waals surface area contributed by atoms with Gasteiger partial charge >= 0.3 is 0 Å². The van der Waals surface area contributed by atoms with E-state index in [2.05, 4.69) is 46.0 Å². The Hall–Kier alpha value is -0.420. The number of hydrogen-bond acceptors (Lipinski definition) is 3. The molecule has 0 aromatic heterocycles. The third-order valence-electron chi connectivity index (χ3n) is 2.85. The first-order chi connectivity index (χ1) is 8.02. The van der Waals surface area contributed by atoms with Crippen molar-refractivity contribution >= 4 is 15.9 Å². The summed E-state index contributed by atoms with van der Waals surface area (Å²) in [7, 11) is 2.03. The van der Waals surface area contributed by atoms with Crippen molar-refractivity contribution in [3.05, 3.63) is 33.8 Å². The van der Waals surface area contributed by atoms with Crippen molar-refractivity contribution in [3.63, 3.8) is 0 Å². The minimum atomic E-state index is -0.149. The minimum Gasteiger partial charge on any atom is -0.395 e. The maximum atomic E-state index is 8.89. The van der Waals surface area contributed by atoms with Gasteiger partial charge in [-0.25, -0.2) is 0 Å². The number of hydrogen-bond donors (Lipinski definition) is 2. The average Bonchev–Trinajstić information content (AvgIpc) is 2.30. The molecule has 1 atom stereocenters. The topological polar surface area (TPSA) is 49.5 Å². The molecule has 0 spiro atoms. The van der Waals surface area contributed by atoms with E-state index in [9.17, 15) is 0 Å². The molecule has 0 saturated heterocycles. The molecule has 4 heteroatoms. The number of aliphatic hydroxyl groups is 1. The van der Waals surface area contributed by atoms with E-state index in [0.717, 1.165) is 24.0 Å². The van der Waals surface area contributed by atoms with E-state index < -0.39 is 0 Å². The third kappa shape index (κ3) is 5.17. The van der Waals surface area contributed by atoms with Gasteiger partial charge in [-0.15, -0.1) is 0 Å². The van der Waals surface area contributed by atoms with Crippen LogP contribution in [0.4, 0.5) is 0 Å². The van der Waals surface area contributed by atoms with Crippen LogP contribution in [0.25, 0.3) is 0 Å². The predicted molar refractivity (Wildman–Crippen MR) is 75.1 cm³/mol. The lowest BCUT2D eigenvalue weighted by atomic mass is 10.1. The molecule has 1 rings (SSSR count). The molecule has 0 aliphatic heterocycles. The Morgan fingerprint density at radius 1 is 1.47 bits per heavy atom. The summed E-state index contributed by atoms with van der Waals surface area (Å²) in [5, 5.41) is 8.89. The van der Waals surface area contributed by atoms with Gasteiger partial charge in [0.15, 0.2) is 0 Å². The van der Waals surface area contributed by atoms with E-state index in [1.54, 1.807) is 0 Å². The molecule has 0 saturated carbocycles. The van der Waals surface area contributed by atoms with Crippen molar-refractivity contribution < 1.29 is 5.11 Å². The molecule has 0 heterocycles. The molecule has 3 N–H and O–H groups in total. The van der Waals surface area contributed by atoms with E-state index in [1.165, 1.54) is 11.1 Å². The van der Waals surface area contributed by atoms with Crippen molar-refractivity contribution in [3.8, 4) is 0 Å². The summed E-state index contributed by atoms with van der Waals surface area (Å²) in [6, 6.07) is 6.20. The van der Waals surface area contributed by atoms with Crippen LogP contribution in [0.1, 0.15) is 11.1 Å². The highest BCUT2D eigenvalue weighted by Crippen LogP contribution is 2.16. The second-order valence-corrected chi connectivity index (χ2v) is 5.44. The molecule has 0 aliphatic carbocycles. The number of rotatable bonds is 6. The molecular formula is C13H21BrN2O. The molecule has 0 aliphatic rings. The maximum absolute atomic E-state index is 8.89. The number of halogens is 1. The van der Waals surface area contributed by atoms with Crippen molar-refractivity contribution in [2.45, 2.75) is 19.4 Å². The van der Waals surface area contributed by atoms with E-state index >= 15 is 0 Å². The van der Waals surface area contributed by atoms with Crippen LogP contribution in [-0.4, -0.2) is 42.8 Å². The summed E-state index contributed by atoms with van der Waals surface area (Å²) in [6.45, 7) is 3.84. The fraction of sp³-hybridized carbons (Fsp3) is 0.538. The van der Waals surface area contributed by atoms with Crippen LogP contribution in [0.5, 0.6) is 0 Å². The highest BCUT2D eigenvalue weighted by molar-refractivity contribution is 9.10. The van der Waals surface area contributed by atoms with Crippen molar-refractivity contribution in [2.24, 2.45) is 5.73 Å². The summed E-state index contributed by atoms with van der Waals surface area (Å²) in [6.07, 6.45) is 1.000. The molecule has 17 heavy (non-hydrogen) atoms. The van der Waals surface area contributed by atoms with Crippen molar-refractivity contribution in [1.29, 1.82) is 0 Å². The normalized spacial score (nSPS) is 13.1. The van der Waals surface area contributed by atoms with E-state index in [-0.39, 0.29) is 12.6 Å². The Morgan fingerprint density at radius 2 is 2.18 bits per heavy atom. The van der Waals surface area contributed by atoms with Gasteiger partial charge in [-0.1, -0.05) is 22.0 Å². The van der Waals surface area contributed by atoms with Crippen LogP contribution in [-0.2, 0) is 6.42 Å². The van der Waals surface area contributed by atoms with Gasteiger partial charge in [0.05, 0.1) is 6.61 Å². The Kier molecular flexibility index (Phi) is 6.12. The largest absolute Gasteiger partial charge is 0.395 e. The number of nitrogens with zero attached hydrogens (tertiary/aromatic N) is 1. The molecule has 0 radical (unpaired) electrons. The predicted octanol–water partition coefficient (Wildman–Crippen LogP) is 1.55. The summed E-state index contributed by atoms with van der Waals surface area (Å²) in [4.78, 5) is 2.15. The molecule has 0 amide bonds. The third-order valence-corrected chi connectivity index (χ3v) is 3.35. The Balaban J connectivity index is 2.47. The van der Waals surface area contributed by atoms with Gasteiger partial charge in [-0.3, -0.25) is 0 Å². The van der Waals surface area contributed by atoms with Crippen LogP contribution < -0.4 is 5.73 Å². The van der Waals surface area contributed by atoms with Crippen LogP contribution in [0.15, 0.2) is 22.7 Å². The summed E-state index contributed by atoms with van der Waals surface area (Å²) in [5.74, 6) is 0. The van der Waals surface area contributed by atoms with Gasteiger partial charge in [0.2, 0.25) is 0 Å². The number of likely N-dealkylation sites (N-methyl/N-ethyl adjacent to an activating group) is 1. The second-order valence-electron chi connectivity index (χ2n) is 4.53. The standard InChI is InChI=1S/C13H21BrN2O/c1-10-3-4-12(14)7-11(10)5-6-16(2)8-13(15)9-17/h3-4,7,13,17H,5-6,8-9,15H2,1-2H3. The number of benzene rings is 1. The number of aliphatic hydroxyl groups excluding tert-OH is 1.